The van der Waals surface area contributed by atoms with Crippen LogP contribution in [0.5, 0.6) is 0 Å². The average Bonchev–Trinajstić information content (AvgIpc) is 2.35. The van der Waals surface area contributed by atoms with Crippen molar-refractivity contribution in [1.29, 1.82) is 0 Å². The number of piperidine rings is 1. The van der Waals surface area contributed by atoms with Crippen molar-refractivity contribution >= 4 is 11.9 Å². The first-order valence-corrected chi connectivity index (χ1v) is 7.00. The molecule has 1 rings (SSSR count). The molecule has 0 aromatic rings. The number of aliphatic carboxylic acids is 1. The summed E-state index contributed by atoms with van der Waals surface area (Å²) in [6, 6.07) is -0.0978. The van der Waals surface area contributed by atoms with Gasteiger partial charge in [-0.2, -0.15) is 0 Å². The van der Waals surface area contributed by atoms with Gasteiger partial charge in [-0.1, -0.05) is 13.8 Å². The number of carbonyl (C=O) groups is 2. The van der Waals surface area contributed by atoms with E-state index in [0.717, 1.165) is 25.9 Å². The van der Waals surface area contributed by atoms with Crippen molar-refractivity contribution in [1.82, 2.24) is 10.2 Å². The van der Waals surface area contributed by atoms with E-state index in [9.17, 15) is 9.59 Å². The molecule has 0 spiro atoms. The van der Waals surface area contributed by atoms with Crippen molar-refractivity contribution in [3.05, 3.63) is 0 Å². The Bertz CT molecular complexity index is 334. The second-order valence-corrected chi connectivity index (χ2v) is 6.19. The van der Waals surface area contributed by atoms with Gasteiger partial charge in [0, 0.05) is 11.5 Å². The molecule has 1 heterocycles. The zero-order valence-electron chi connectivity index (χ0n) is 12.4. The molecule has 0 saturated carbocycles. The SMILES string of the molecule is CC(C)N(CC(=O)O)C(=O)C(C)(C)C1CCCNC1. The summed E-state index contributed by atoms with van der Waals surface area (Å²) < 4.78 is 0. The van der Waals surface area contributed by atoms with E-state index in [1.54, 1.807) is 0 Å². The van der Waals surface area contributed by atoms with Gasteiger partial charge in [0.05, 0.1) is 0 Å². The lowest BCUT2D eigenvalue weighted by Gasteiger charge is -2.40. The Labute approximate surface area is 115 Å². The van der Waals surface area contributed by atoms with Gasteiger partial charge in [-0.25, -0.2) is 0 Å². The van der Waals surface area contributed by atoms with E-state index in [1.807, 2.05) is 27.7 Å². The number of nitrogens with zero attached hydrogens (tertiary/aromatic N) is 1. The summed E-state index contributed by atoms with van der Waals surface area (Å²) in [7, 11) is 0. The third-order valence-corrected chi connectivity index (χ3v) is 4.06. The Morgan fingerprint density at radius 1 is 1.42 bits per heavy atom. The Morgan fingerprint density at radius 2 is 2.05 bits per heavy atom. The van der Waals surface area contributed by atoms with Gasteiger partial charge in [-0.05, 0) is 45.7 Å². The summed E-state index contributed by atoms with van der Waals surface area (Å²) in [5.74, 6) is -0.748. The number of amides is 1. The van der Waals surface area contributed by atoms with Crippen LogP contribution in [0.4, 0.5) is 0 Å². The van der Waals surface area contributed by atoms with E-state index in [2.05, 4.69) is 5.32 Å². The summed E-state index contributed by atoms with van der Waals surface area (Å²) in [4.78, 5) is 25.1. The number of hydrogen-bond donors (Lipinski definition) is 2. The fourth-order valence-electron chi connectivity index (χ4n) is 2.65. The smallest absolute Gasteiger partial charge is 0.323 e. The zero-order valence-corrected chi connectivity index (χ0v) is 12.4. The molecule has 1 amide bonds. The van der Waals surface area contributed by atoms with Crippen molar-refractivity contribution in [3.8, 4) is 0 Å². The molecular formula is C14H26N2O3. The molecule has 1 unspecified atom stereocenters. The van der Waals surface area contributed by atoms with Crippen LogP contribution in [0.25, 0.3) is 0 Å². The minimum atomic E-state index is -0.959. The van der Waals surface area contributed by atoms with E-state index in [1.165, 1.54) is 4.90 Å². The quantitative estimate of drug-likeness (QED) is 0.791. The predicted molar refractivity (Wildman–Crippen MR) is 73.9 cm³/mol. The van der Waals surface area contributed by atoms with Crippen molar-refractivity contribution in [2.45, 2.75) is 46.6 Å². The molecule has 1 atom stereocenters. The van der Waals surface area contributed by atoms with Gasteiger partial charge in [-0.15, -0.1) is 0 Å². The molecule has 5 heteroatoms. The first kappa shape index (κ1) is 16.0. The van der Waals surface area contributed by atoms with Crippen LogP contribution in [0.15, 0.2) is 0 Å². The minimum Gasteiger partial charge on any atom is -0.480 e. The first-order valence-electron chi connectivity index (χ1n) is 7.00. The second-order valence-electron chi connectivity index (χ2n) is 6.19. The van der Waals surface area contributed by atoms with E-state index >= 15 is 0 Å². The molecule has 0 radical (unpaired) electrons. The molecule has 110 valence electrons. The lowest BCUT2D eigenvalue weighted by Crippen LogP contribution is -2.52. The normalized spacial score (nSPS) is 20.4. The van der Waals surface area contributed by atoms with Crippen molar-refractivity contribution in [3.63, 3.8) is 0 Å². The Morgan fingerprint density at radius 3 is 2.47 bits per heavy atom. The number of carboxylic acid groups (broad SMARTS) is 1. The molecule has 1 aliphatic heterocycles. The molecule has 0 aromatic carbocycles. The molecule has 5 nitrogen and oxygen atoms in total. The Balaban J connectivity index is 2.83. The van der Waals surface area contributed by atoms with Crippen molar-refractivity contribution in [2.24, 2.45) is 11.3 Å². The fourth-order valence-corrected chi connectivity index (χ4v) is 2.65. The zero-order chi connectivity index (χ0) is 14.6. The monoisotopic (exact) mass is 270 g/mol. The maximum atomic E-state index is 12.7. The van der Waals surface area contributed by atoms with Crippen molar-refractivity contribution < 1.29 is 14.7 Å². The van der Waals surface area contributed by atoms with Gasteiger partial charge in [-0.3, -0.25) is 9.59 Å². The van der Waals surface area contributed by atoms with Crippen LogP contribution in [0.2, 0.25) is 0 Å². The van der Waals surface area contributed by atoms with Crippen LogP contribution in [0.1, 0.15) is 40.5 Å². The molecule has 19 heavy (non-hydrogen) atoms. The highest BCUT2D eigenvalue weighted by molar-refractivity contribution is 5.86. The molecule has 1 aliphatic rings. The minimum absolute atomic E-state index is 0.0569. The van der Waals surface area contributed by atoms with Crippen LogP contribution in [0.3, 0.4) is 0 Å². The third kappa shape index (κ3) is 3.93. The highest BCUT2D eigenvalue weighted by Gasteiger charge is 2.40. The molecular weight excluding hydrogens is 244 g/mol. The average molecular weight is 270 g/mol. The van der Waals surface area contributed by atoms with E-state index in [-0.39, 0.29) is 24.4 Å². The summed E-state index contributed by atoms with van der Waals surface area (Å²) in [5, 5.41) is 12.3. The Hall–Kier alpha value is -1.10. The molecule has 1 fully saturated rings. The molecule has 2 N–H and O–H groups in total. The molecule has 0 aromatic heterocycles. The fraction of sp³-hybridized carbons (Fsp3) is 0.857. The van der Waals surface area contributed by atoms with Crippen LogP contribution in [-0.2, 0) is 9.59 Å². The standard InChI is InChI=1S/C14H26N2O3/c1-10(2)16(9-12(17)18)13(19)14(3,4)11-6-5-7-15-8-11/h10-11,15H,5-9H2,1-4H3,(H,17,18). The summed E-state index contributed by atoms with van der Waals surface area (Å²) in [5.41, 5.74) is -0.521. The lowest BCUT2D eigenvalue weighted by molar-refractivity contribution is -0.152. The van der Waals surface area contributed by atoms with Crippen LogP contribution in [-0.4, -0.2) is 47.6 Å². The topological polar surface area (TPSA) is 69.6 Å². The number of nitrogens with one attached hydrogen (secondary N) is 1. The first-order chi connectivity index (χ1) is 8.76. The lowest BCUT2D eigenvalue weighted by atomic mass is 9.74. The van der Waals surface area contributed by atoms with Gasteiger partial charge in [0.25, 0.3) is 0 Å². The number of carbonyl (C=O) groups excluding carboxylic acids is 1. The maximum Gasteiger partial charge on any atom is 0.323 e. The summed E-state index contributed by atoms with van der Waals surface area (Å²) >= 11 is 0. The van der Waals surface area contributed by atoms with E-state index < -0.39 is 11.4 Å². The van der Waals surface area contributed by atoms with Crippen LogP contribution >= 0.6 is 0 Å². The van der Waals surface area contributed by atoms with Crippen molar-refractivity contribution in [2.75, 3.05) is 19.6 Å². The van der Waals surface area contributed by atoms with E-state index in [0.29, 0.717) is 0 Å². The Kier molecular flexibility index (Phi) is 5.35. The second kappa shape index (κ2) is 6.37. The van der Waals surface area contributed by atoms with Gasteiger partial charge in [0.2, 0.25) is 5.91 Å². The largest absolute Gasteiger partial charge is 0.480 e. The molecule has 0 bridgehead atoms. The van der Waals surface area contributed by atoms with Gasteiger partial charge >= 0.3 is 5.97 Å². The number of carboxylic acids is 1. The predicted octanol–water partition coefficient (Wildman–Crippen LogP) is 1.33. The molecule has 0 aliphatic carbocycles. The number of rotatable bonds is 5. The summed E-state index contributed by atoms with van der Waals surface area (Å²) in [6.07, 6.45) is 2.09. The van der Waals surface area contributed by atoms with Gasteiger partial charge in [0.15, 0.2) is 0 Å². The number of hydrogen-bond acceptors (Lipinski definition) is 3. The van der Waals surface area contributed by atoms with Gasteiger partial charge in [0.1, 0.15) is 6.54 Å². The highest BCUT2D eigenvalue weighted by Crippen LogP contribution is 2.34. The van der Waals surface area contributed by atoms with Crippen LogP contribution < -0.4 is 5.32 Å². The van der Waals surface area contributed by atoms with Crippen LogP contribution in [0, 0.1) is 11.3 Å². The van der Waals surface area contributed by atoms with Gasteiger partial charge < -0.3 is 15.3 Å². The maximum absolute atomic E-state index is 12.7. The molecule has 1 saturated heterocycles. The summed E-state index contributed by atoms with van der Waals surface area (Å²) in [6.45, 7) is 9.20. The highest BCUT2D eigenvalue weighted by atomic mass is 16.4. The third-order valence-electron chi connectivity index (χ3n) is 4.06. The van der Waals surface area contributed by atoms with E-state index in [4.69, 9.17) is 5.11 Å².